The first-order chi connectivity index (χ1) is 9.75. The maximum Gasteiger partial charge on any atom is 0.329 e. The van der Waals surface area contributed by atoms with Crippen LogP contribution in [0.1, 0.15) is 21.4 Å². The molecule has 0 radical (unpaired) electrons. The van der Waals surface area contributed by atoms with Gasteiger partial charge in [0.1, 0.15) is 5.02 Å². The topological polar surface area (TPSA) is 61.1 Å². The van der Waals surface area contributed by atoms with Crippen LogP contribution in [0.25, 0.3) is 0 Å². The van der Waals surface area contributed by atoms with Crippen LogP contribution in [0.15, 0.2) is 41.6 Å². The van der Waals surface area contributed by atoms with E-state index in [-0.39, 0.29) is 9.75 Å². The first-order valence-electron chi connectivity index (χ1n) is 6.08. The Morgan fingerprint density at radius 1 is 1.24 bits per heavy atom. The first kappa shape index (κ1) is 16.1. The molecule has 2 rings (SSSR count). The normalized spacial score (nSPS) is 13.1. The second kappa shape index (κ2) is 5.83. The minimum atomic E-state index is -4.11. The number of hydrogen-bond acceptors (Lipinski definition) is 3. The highest BCUT2D eigenvalue weighted by molar-refractivity contribution is 7.92. The molecule has 1 heterocycles. The number of rotatable bonds is 3. The largest absolute Gasteiger partial charge is 0.618 e. The van der Waals surface area contributed by atoms with Gasteiger partial charge in [0.15, 0.2) is 10.9 Å². The van der Waals surface area contributed by atoms with Gasteiger partial charge in [0.05, 0.1) is 0 Å². The summed E-state index contributed by atoms with van der Waals surface area (Å²) in [7, 11) is -4.11. The molecule has 0 bridgehead atoms. The third kappa shape index (κ3) is 3.00. The van der Waals surface area contributed by atoms with Gasteiger partial charge in [-0.25, -0.2) is 8.42 Å². The Morgan fingerprint density at radius 2 is 1.90 bits per heavy atom. The van der Waals surface area contributed by atoms with Crippen molar-refractivity contribution in [3.63, 3.8) is 0 Å². The van der Waals surface area contributed by atoms with Crippen LogP contribution in [0.2, 0.25) is 5.02 Å². The second-order valence-electron chi connectivity index (χ2n) is 4.71. The van der Waals surface area contributed by atoms with Crippen molar-refractivity contribution in [2.24, 2.45) is 0 Å². The van der Waals surface area contributed by atoms with E-state index < -0.39 is 19.6 Å². The van der Waals surface area contributed by atoms with Crippen molar-refractivity contribution in [1.29, 1.82) is 0 Å². The van der Waals surface area contributed by atoms with E-state index >= 15 is 0 Å². The van der Waals surface area contributed by atoms with Gasteiger partial charge >= 0.3 is 5.03 Å². The highest BCUT2D eigenvalue weighted by atomic mass is 35.5. The Bertz CT molecular complexity index is 771. The molecule has 1 atom stereocenters. The lowest BCUT2D eigenvalue weighted by molar-refractivity contribution is -0.646. The van der Waals surface area contributed by atoms with Gasteiger partial charge in [0, 0.05) is 6.07 Å². The van der Waals surface area contributed by atoms with Crippen LogP contribution in [0, 0.1) is 19.1 Å². The SMILES string of the molecule is Cc1ccc(C)c(C(Cl)S(=O)(=O)c2c(Cl)ccc[n+]2[O-])c1. The molecule has 0 fully saturated rings. The van der Waals surface area contributed by atoms with Crippen LogP contribution in [-0.4, -0.2) is 8.42 Å². The molecular weight excluding hydrogens is 333 g/mol. The maximum atomic E-state index is 12.6. The number of alkyl halides is 1. The molecule has 1 aromatic carbocycles. The number of halogens is 2. The van der Waals surface area contributed by atoms with Crippen molar-refractivity contribution in [3.8, 4) is 0 Å². The van der Waals surface area contributed by atoms with Gasteiger partial charge in [-0.2, -0.15) is 4.73 Å². The van der Waals surface area contributed by atoms with Crippen molar-refractivity contribution in [2.45, 2.75) is 23.6 Å². The fourth-order valence-corrected chi connectivity index (χ4v) is 4.38. The summed E-state index contributed by atoms with van der Waals surface area (Å²) in [5, 5.41) is 11.1. The lowest BCUT2D eigenvalue weighted by Crippen LogP contribution is -2.35. The van der Waals surface area contributed by atoms with E-state index in [0.717, 1.165) is 17.3 Å². The van der Waals surface area contributed by atoms with Gasteiger partial charge < -0.3 is 5.21 Å². The summed E-state index contributed by atoms with van der Waals surface area (Å²) in [6, 6.07) is 8.05. The molecule has 1 aromatic heterocycles. The van der Waals surface area contributed by atoms with E-state index in [1.165, 1.54) is 12.1 Å². The highest BCUT2D eigenvalue weighted by Crippen LogP contribution is 2.35. The molecule has 0 N–H and O–H groups in total. The zero-order chi connectivity index (χ0) is 15.8. The Morgan fingerprint density at radius 3 is 2.52 bits per heavy atom. The van der Waals surface area contributed by atoms with Gasteiger partial charge in [-0.05, 0) is 31.0 Å². The number of pyridine rings is 1. The summed E-state index contributed by atoms with van der Waals surface area (Å²) >= 11 is 12.0. The van der Waals surface area contributed by atoms with Gasteiger partial charge in [0.25, 0.3) is 9.84 Å². The molecule has 0 aliphatic carbocycles. The average Bonchev–Trinajstić information content (AvgIpc) is 2.40. The van der Waals surface area contributed by atoms with Crippen LogP contribution < -0.4 is 4.73 Å². The van der Waals surface area contributed by atoms with Crippen LogP contribution >= 0.6 is 23.2 Å². The predicted octanol–water partition coefficient (Wildman–Crippen LogP) is 3.30. The summed E-state index contributed by atoms with van der Waals surface area (Å²) < 4.78 is 24.0. The molecule has 7 heteroatoms. The molecule has 1 unspecified atom stereocenters. The van der Waals surface area contributed by atoms with E-state index in [1.807, 2.05) is 13.0 Å². The summed E-state index contributed by atoms with van der Waals surface area (Å²) in [6.07, 6.45) is 1.07. The zero-order valence-electron chi connectivity index (χ0n) is 11.4. The number of hydrogen-bond donors (Lipinski definition) is 0. The van der Waals surface area contributed by atoms with E-state index in [1.54, 1.807) is 19.1 Å². The smallest absolute Gasteiger partial charge is 0.329 e. The van der Waals surface area contributed by atoms with Gasteiger partial charge in [-0.3, -0.25) is 0 Å². The van der Waals surface area contributed by atoms with Crippen LogP contribution in [0.4, 0.5) is 0 Å². The van der Waals surface area contributed by atoms with E-state index in [0.29, 0.717) is 5.56 Å². The molecule has 21 heavy (non-hydrogen) atoms. The molecule has 4 nitrogen and oxygen atoms in total. The summed E-state index contributed by atoms with van der Waals surface area (Å²) in [5.41, 5.74) is 2.05. The quantitative estimate of drug-likeness (QED) is 0.487. The monoisotopic (exact) mass is 345 g/mol. The molecule has 0 saturated heterocycles. The van der Waals surface area contributed by atoms with Crippen LogP contribution in [-0.2, 0) is 9.84 Å². The van der Waals surface area contributed by atoms with E-state index in [2.05, 4.69) is 0 Å². The van der Waals surface area contributed by atoms with Crippen molar-refractivity contribution < 1.29 is 13.1 Å². The molecule has 2 aromatic rings. The Labute approximate surface area is 133 Å². The number of aromatic nitrogens is 1. The summed E-state index contributed by atoms with van der Waals surface area (Å²) in [4.78, 5) is 0. The summed E-state index contributed by atoms with van der Waals surface area (Å²) in [5.74, 6) is 0. The number of sulfone groups is 1. The third-order valence-corrected chi connectivity index (χ3v) is 6.18. The number of benzene rings is 1. The molecule has 112 valence electrons. The second-order valence-corrected chi connectivity index (χ2v) is 7.76. The highest BCUT2D eigenvalue weighted by Gasteiger charge is 2.36. The lowest BCUT2D eigenvalue weighted by atomic mass is 10.1. The van der Waals surface area contributed by atoms with Crippen molar-refractivity contribution in [1.82, 2.24) is 0 Å². The summed E-state index contributed by atoms with van der Waals surface area (Å²) in [6.45, 7) is 3.60. The minimum Gasteiger partial charge on any atom is -0.618 e. The van der Waals surface area contributed by atoms with Gasteiger partial charge in [0.2, 0.25) is 0 Å². The minimum absolute atomic E-state index is 0.150. The number of aryl methyl sites for hydroxylation is 2. The third-order valence-electron chi connectivity index (χ3n) is 3.09. The van der Waals surface area contributed by atoms with Gasteiger partial charge in [-0.1, -0.05) is 47.0 Å². The van der Waals surface area contributed by atoms with Crippen LogP contribution in [0.5, 0.6) is 0 Å². The Balaban J connectivity index is 2.61. The maximum absolute atomic E-state index is 12.6. The van der Waals surface area contributed by atoms with Crippen molar-refractivity contribution >= 4 is 33.0 Å². The molecule has 0 aliphatic rings. The molecular formula is C14H13Cl2NO3S. The Kier molecular flexibility index (Phi) is 4.46. The predicted molar refractivity (Wildman–Crippen MR) is 82.1 cm³/mol. The first-order valence-corrected chi connectivity index (χ1v) is 8.44. The average molecular weight is 346 g/mol. The fraction of sp³-hybridized carbons (Fsp3) is 0.214. The van der Waals surface area contributed by atoms with Crippen LogP contribution in [0.3, 0.4) is 0 Å². The van der Waals surface area contributed by atoms with Crippen molar-refractivity contribution in [3.05, 3.63) is 63.4 Å². The fourth-order valence-electron chi connectivity index (χ4n) is 1.98. The molecule has 0 saturated carbocycles. The molecule has 0 spiro atoms. The van der Waals surface area contributed by atoms with Gasteiger partial charge in [-0.15, -0.1) is 0 Å². The van der Waals surface area contributed by atoms with E-state index in [9.17, 15) is 13.6 Å². The lowest BCUT2D eigenvalue weighted by Gasteiger charge is -2.14. The number of nitrogens with zero attached hydrogens (tertiary/aromatic N) is 1. The van der Waals surface area contributed by atoms with Crippen molar-refractivity contribution in [2.75, 3.05) is 0 Å². The Hall–Kier alpha value is -1.30. The molecule has 0 aliphatic heterocycles. The van der Waals surface area contributed by atoms with E-state index in [4.69, 9.17) is 23.2 Å². The molecule has 0 amide bonds. The standard InChI is InChI=1S/C14H13Cl2NO3S/c1-9-5-6-10(2)11(8-9)13(16)21(19,20)14-12(15)4-3-7-17(14)18/h3-8,13H,1-2H3. The zero-order valence-corrected chi connectivity index (χ0v) is 13.7.